The maximum Gasteiger partial charge on any atom is 0.312 e. The molecule has 0 radical (unpaired) electrons. The number of hydrogen-bond donors (Lipinski definition) is 6. The normalized spacial score (nSPS) is 28.7. The lowest BCUT2D eigenvalue weighted by Crippen LogP contribution is -2.46. The number of aliphatic hydroxyl groups excluding tert-OH is 2. The van der Waals surface area contributed by atoms with Gasteiger partial charge in [-0.15, -0.1) is 0 Å². The minimum Gasteiger partial charge on any atom is -0.507 e. The first-order valence-electron chi connectivity index (χ1n) is 22.6. The smallest absolute Gasteiger partial charge is 0.312 e. The van der Waals surface area contributed by atoms with E-state index in [1.54, 1.807) is 39.8 Å². The standard InChI is InChI=1S/C49H70N2O13/c1-11-12-13-14-15-16-17-18-19-24-62-50-26-34-39-44(57)37-36(43(34)56)38-46(32(7)42(37)55)64-49(9,47(38)58)61-25-23-35(60-10)29(4)45(63-33(8)52)31(6)41(54)30(5)40(53)27(2)21-20-22-28(3)48(59)51-39/h20-23,25-27,29-31,35,40-41,45,53-57H,11-19,24H2,1-10H3,(H,51,59)/b21-20+,25-23+,28-22-,50-26+/t27-,29-,30-,31-,35+,40+,41-,45-,49+/m1/s1. The summed E-state index contributed by atoms with van der Waals surface area (Å²) in [6.07, 6.45) is 14.6. The van der Waals surface area contributed by atoms with Crippen LogP contribution >= 0.6 is 0 Å². The van der Waals surface area contributed by atoms with E-state index in [1.807, 2.05) is 0 Å². The average Bonchev–Trinajstić information content (AvgIpc) is 3.52. The van der Waals surface area contributed by atoms with Crippen LogP contribution in [0.2, 0.25) is 0 Å². The number of carbonyl (C=O) groups excluding carboxylic acids is 3. The van der Waals surface area contributed by atoms with Gasteiger partial charge in [-0.25, -0.2) is 0 Å². The van der Waals surface area contributed by atoms with Gasteiger partial charge in [0.1, 0.15) is 30.0 Å². The predicted molar refractivity (Wildman–Crippen MR) is 245 cm³/mol. The number of oxime groups is 1. The quantitative estimate of drug-likeness (QED) is 0.0261. The molecule has 3 aliphatic rings. The highest BCUT2D eigenvalue weighted by Crippen LogP contribution is 2.55. The van der Waals surface area contributed by atoms with E-state index in [0.29, 0.717) is 0 Å². The second-order valence-corrected chi connectivity index (χ2v) is 17.5. The fourth-order valence-electron chi connectivity index (χ4n) is 8.49. The van der Waals surface area contributed by atoms with Crippen molar-refractivity contribution >= 4 is 40.3 Å². The maximum absolute atomic E-state index is 14.5. The van der Waals surface area contributed by atoms with Crippen LogP contribution in [0.4, 0.5) is 5.69 Å². The highest BCUT2D eigenvalue weighted by atomic mass is 16.7. The van der Waals surface area contributed by atoms with Gasteiger partial charge in [-0.1, -0.05) is 103 Å². The summed E-state index contributed by atoms with van der Waals surface area (Å²) in [5.41, 5.74) is -0.530. The summed E-state index contributed by atoms with van der Waals surface area (Å²) < 4.78 is 23.6. The molecule has 64 heavy (non-hydrogen) atoms. The SMILES string of the molecule is CCCCCCCCCCCO/N=C/c1c2c(O)c3c(O)c(C)c4c(c3c1O)C(=O)[C@@](C)(O/C=C/[C@H](OC)[C@@H](C)[C@@H](OC(C)=O)[C@H](C)[C@H](O)[C@H](C)[C@@H](O)[C@H](C)/C=C/C=C(/C)C(=O)N2)O4. The largest absolute Gasteiger partial charge is 0.507 e. The number of benzene rings is 2. The summed E-state index contributed by atoms with van der Waals surface area (Å²) in [4.78, 5) is 46.1. The fourth-order valence-corrected chi connectivity index (χ4v) is 8.49. The van der Waals surface area contributed by atoms with Gasteiger partial charge in [0.25, 0.3) is 11.7 Å². The zero-order valence-electron chi connectivity index (χ0n) is 39.1. The predicted octanol–water partition coefficient (Wildman–Crippen LogP) is 8.64. The summed E-state index contributed by atoms with van der Waals surface area (Å²) in [6, 6.07) is 0. The van der Waals surface area contributed by atoms with Crippen molar-refractivity contribution in [2.75, 3.05) is 19.0 Å². The Kier molecular flexibility index (Phi) is 18.7. The van der Waals surface area contributed by atoms with Crippen LogP contribution < -0.4 is 10.1 Å². The zero-order valence-corrected chi connectivity index (χ0v) is 39.1. The lowest BCUT2D eigenvalue weighted by Gasteiger charge is -2.38. The van der Waals surface area contributed by atoms with Gasteiger partial charge < -0.3 is 54.6 Å². The third kappa shape index (κ3) is 11.8. The molecule has 1 amide bonds. The summed E-state index contributed by atoms with van der Waals surface area (Å²) in [5.74, 6) is -8.54. The van der Waals surface area contributed by atoms with Gasteiger partial charge in [0.2, 0.25) is 0 Å². The maximum atomic E-state index is 14.5. The molecule has 2 aromatic carbocycles. The molecule has 354 valence electrons. The highest BCUT2D eigenvalue weighted by molar-refractivity contribution is 6.23. The number of Topliss-reactive ketones (excluding diaryl/α,β-unsaturated/α-hetero) is 1. The number of ether oxygens (including phenoxy) is 4. The Balaban J connectivity index is 1.82. The molecule has 5 rings (SSSR count). The number of nitrogens with zero attached hydrogens (tertiary/aromatic N) is 1. The summed E-state index contributed by atoms with van der Waals surface area (Å²) in [6.45, 7) is 15.0. The van der Waals surface area contributed by atoms with Crippen molar-refractivity contribution in [3.05, 3.63) is 52.8 Å². The summed E-state index contributed by atoms with van der Waals surface area (Å²) in [7, 11) is 1.44. The van der Waals surface area contributed by atoms with Crippen molar-refractivity contribution < 1.29 is 63.7 Å². The van der Waals surface area contributed by atoms with Crippen molar-refractivity contribution in [2.45, 2.75) is 150 Å². The Morgan fingerprint density at radius 2 is 1.52 bits per heavy atom. The Labute approximate surface area is 377 Å². The van der Waals surface area contributed by atoms with E-state index in [9.17, 15) is 39.9 Å². The number of nitrogens with one attached hydrogen (secondary N) is 1. The number of aromatic hydroxyl groups is 3. The molecule has 15 heteroatoms. The molecule has 0 aromatic heterocycles. The van der Waals surface area contributed by atoms with Gasteiger partial charge in [-0.3, -0.25) is 14.4 Å². The molecular formula is C49H70N2O13. The van der Waals surface area contributed by atoms with Crippen molar-refractivity contribution in [1.82, 2.24) is 0 Å². The Bertz CT molecular complexity index is 2090. The van der Waals surface area contributed by atoms with Gasteiger partial charge in [0.05, 0.1) is 53.0 Å². The van der Waals surface area contributed by atoms with Crippen molar-refractivity contribution in [2.24, 2.45) is 28.8 Å². The van der Waals surface area contributed by atoms with Gasteiger partial charge in [-0.2, -0.15) is 0 Å². The number of phenolic OH excluding ortho intramolecular Hbond substituents is 3. The van der Waals surface area contributed by atoms with E-state index in [0.717, 1.165) is 31.9 Å². The number of rotatable bonds is 14. The van der Waals surface area contributed by atoms with E-state index >= 15 is 0 Å². The first-order valence-corrected chi connectivity index (χ1v) is 22.6. The van der Waals surface area contributed by atoms with Crippen molar-refractivity contribution in [3.63, 3.8) is 0 Å². The number of esters is 1. The monoisotopic (exact) mass is 894 g/mol. The van der Waals surface area contributed by atoms with Crippen LogP contribution in [0.25, 0.3) is 10.8 Å². The fraction of sp³-hybridized carbons (Fsp3) is 0.592. The van der Waals surface area contributed by atoms with Crippen molar-refractivity contribution in [1.29, 1.82) is 0 Å². The number of phenols is 3. The van der Waals surface area contributed by atoms with E-state index in [4.69, 9.17) is 23.8 Å². The lowest BCUT2D eigenvalue weighted by atomic mass is 9.78. The minimum absolute atomic E-state index is 0.0438. The molecule has 3 aliphatic heterocycles. The number of aliphatic hydroxyl groups is 2. The molecule has 2 aromatic rings. The number of methoxy groups -OCH3 is 1. The summed E-state index contributed by atoms with van der Waals surface area (Å²) in [5, 5.41) is 64.6. The van der Waals surface area contributed by atoms with Gasteiger partial charge in [0.15, 0.2) is 5.75 Å². The molecule has 0 saturated heterocycles. The molecule has 5 bridgehead atoms. The van der Waals surface area contributed by atoms with E-state index < -0.39 is 88.8 Å². The Hall–Kier alpha value is -5.12. The van der Waals surface area contributed by atoms with Gasteiger partial charge in [-0.05, 0) is 32.8 Å². The second kappa shape index (κ2) is 23.2. The van der Waals surface area contributed by atoms with Crippen LogP contribution in [0.1, 0.15) is 135 Å². The Morgan fingerprint density at radius 1 is 0.875 bits per heavy atom. The molecule has 3 heterocycles. The molecule has 0 aliphatic carbocycles. The van der Waals surface area contributed by atoms with Crippen molar-refractivity contribution in [3.8, 4) is 23.0 Å². The molecule has 6 N–H and O–H groups in total. The molecule has 0 saturated carbocycles. The van der Waals surface area contributed by atoms with Gasteiger partial charge >= 0.3 is 11.8 Å². The number of anilines is 1. The third-order valence-corrected chi connectivity index (χ3v) is 12.6. The highest BCUT2D eigenvalue weighted by Gasteiger charge is 2.50. The molecule has 0 spiro atoms. The molecule has 0 fully saturated rings. The van der Waals surface area contributed by atoms with Crippen LogP contribution in [-0.2, 0) is 28.6 Å². The van der Waals surface area contributed by atoms with Crippen LogP contribution in [0.15, 0.2) is 41.3 Å². The number of allylic oxidation sites excluding steroid dienone is 2. The first-order chi connectivity index (χ1) is 30.3. The summed E-state index contributed by atoms with van der Waals surface area (Å²) >= 11 is 0. The average molecular weight is 895 g/mol. The van der Waals surface area contributed by atoms with E-state index in [1.165, 1.54) is 85.3 Å². The number of amides is 1. The van der Waals surface area contributed by atoms with Crippen LogP contribution in [0.5, 0.6) is 23.0 Å². The number of hydrogen-bond acceptors (Lipinski definition) is 14. The van der Waals surface area contributed by atoms with Gasteiger partial charge in [0, 0.05) is 61.2 Å². The van der Waals surface area contributed by atoms with Crippen LogP contribution in [-0.4, -0.2) is 93.3 Å². The molecule has 15 nitrogen and oxygen atoms in total. The van der Waals surface area contributed by atoms with E-state index in [-0.39, 0.29) is 51.1 Å². The third-order valence-electron chi connectivity index (χ3n) is 12.6. The molecular weight excluding hydrogens is 825 g/mol. The van der Waals surface area contributed by atoms with Crippen LogP contribution in [0.3, 0.4) is 0 Å². The van der Waals surface area contributed by atoms with E-state index in [2.05, 4.69) is 17.4 Å². The number of ketones is 1. The number of carbonyl (C=O) groups is 3. The molecule has 0 unspecified atom stereocenters. The lowest BCUT2D eigenvalue weighted by molar-refractivity contribution is -0.160. The number of fused-ring (bicyclic) bond motifs is 14. The first kappa shape index (κ1) is 51.5. The Morgan fingerprint density at radius 3 is 2.14 bits per heavy atom. The zero-order chi connectivity index (χ0) is 47.5. The minimum atomic E-state index is -2.06. The number of unbranched alkanes of at least 4 members (excludes halogenated alkanes) is 8. The van der Waals surface area contributed by atoms with Crippen LogP contribution in [0, 0.1) is 30.6 Å². The topological polar surface area (TPSA) is 223 Å². The molecule has 9 atom stereocenters. The second-order valence-electron chi connectivity index (χ2n) is 17.5.